The van der Waals surface area contributed by atoms with Crippen molar-refractivity contribution in [1.29, 1.82) is 0 Å². The number of nitrogens with one attached hydrogen (secondary N) is 1. The molecule has 1 aliphatic rings. The molecule has 1 aromatic rings. The minimum atomic E-state index is 0.249. The summed E-state index contributed by atoms with van der Waals surface area (Å²) in [6.45, 7) is 10.2. The molecule has 0 aliphatic heterocycles. The molecule has 1 unspecified atom stereocenters. The van der Waals surface area contributed by atoms with Gasteiger partial charge in [0.1, 0.15) is 0 Å². The van der Waals surface area contributed by atoms with E-state index in [4.69, 9.17) is 0 Å². The summed E-state index contributed by atoms with van der Waals surface area (Å²) in [5.41, 5.74) is 3.14. The summed E-state index contributed by atoms with van der Waals surface area (Å²) in [6.07, 6.45) is 6.81. The van der Waals surface area contributed by atoms with E-state index >= 15 is 0 Å². The maximum absolute atomic E-state index is 3.73. The van der Waals surface area contributed by atoms with Crippen molar-refractivity contribution in [2.75, 3.05) is 6.54 Å². The van der Waals surface area contributed by atoms with E-state index in [2.05, 4.69) is 57.3 Å². The lowest BCUT2D eigenvalue weighted by molar-refractivity contribution is 0.469. The van der Waals surface area contributed by atoms with E-state index in [1.165, 1.54) is 43.2 Å². The predicted molar refractivity (Wildman–Crippen MR) is 88.1 cm³/mol. The lowest BCUT2D eigenvalue weighted by Crippen LogP contribution is -2.22. The molecule has 2 rings (SSSR count). The van der Waals surface area contributed by atoms with Crippen LogP contribution in [0.25, 0.3) is 0 Å². The van der Waals surface area contributed by atoms with Crippen LogP contribution in [0.15, 0.2) is 24.3 Å². The quantitative estimate of drug-likeness (QED) is 0.718. The highest BCUT2D eigenvalue weighted by molar-refractivity contribution is 5.29. The van der Waals surface area contributed by atoms with Crippen molar-refractivity contribution in [3.63, 3.8) is 0 Å². The largest absolute Gasteiger partial charge is 0.310 e. The van der Waals surface area contributed by atoms with Crippen LogP contribution >= 0.6 is 0 Å². The van der Waals surface area contributed by atoms with Crippen molar-refractivity contribution < 1.29 is 0 Å². The Morgan fingerprint density at radius 3 is 2.30 bits per heavy atom. The molecule has 0 bridgehead atoms. The first-order valence-corrected chi connectivity index (χ1v) is 8.34. The molecule has 1 heteroatoms. The van der Waals surface area contributed by atoms with Crippen LogP contribution in [-0.2, 0) is 5.41 Å². The highest BCUT2D eigenvalue weighted by Crippen LogP contribution is 2.36. The molecule has 0 spiro atoms. The van der Waals surface area contributed by atoms with Crippen molar-refractivity contribution in [2.45, 2.75) is 71.3 Å². The summed E-state index contributed by atoms with van der Waals surface area (Å²) in [6, 6.07) is 9.84. The van der Waals surface area contributed by atoms with Gasteiger partial charge in [-0.2, -0.15) is 0 Å². The topological polar surface area (TPSA) is 12.0 Å². The molecule has 0 aromatic heterocycles. The Morgan fingerprint density at radius 1 is 1.15 bits per heavy atom. The van der Waals surface area contributed by atoms with Gasteiger partial charge in [-0.3, -0.25) is 0 Å². The number of rotatable bonds is 7. The fourth-order valence-corrected chi connectivity index (χ4v) is 2.73. The lowest BCUT2D eigenvalue weighted by Gasteiger charge is -2.22. The second-order valence-electron chi connectivity index (χ2n) is 7.40. The Hall–Kier alpha value is -0.820. The Bertz CT molecular complexity index is 395. The van der Waals surface area contributed by atoms with Gasteiger partial charge in [-0.25, -0.2) is 0 Å². The van der Waals surface area contributed by atoms with E-state index in [1.807, 2.05) is 0 Å². The van der Waals surface area contributed by atoms with Crippen LogP contribution in [0.2, 0.25) is 0 Å². The molecule has 0 saturated heterocycles. The van der Waals surface area contributed by atoms with Gasteiger partial charge < -0.3 is 5.32 Å². The van der Waals surface area contributed by atoms with E-state index in [0.717, 1.165) is 12.5 Å². The Balaban J connectivity index is 2.02. The number of hydrogen-bond donors (Lipinski definition) is 1. The zero-order valence-electron chi connectivity index (χ0n) is 13.7. The Morgan fingerprint density at radius 2 is 1.80 bits per heavy atom. The average Bonchev–Trinajstić information content (AvgIpc) is 3.22. The summed E-state index contributed by atoms with van der Waals surface area (Å²) in [5, 5.41) is 3.73. The first-order valence-electron chi connectivity index (χ1n) is 8.34. The van der Waals surface area contributed by atoms with Crippen LogP contribution in [-0.4, -0.2) is 6.54 Å². The Labute approximate surface area is 125 Å². The van der Waals surface area contributed by atoms with Gasteiger partial charge in [-0.1, -0.05) is 64.8 Å². The fourth-order valence-electron chi connectivity index (χ4n) is 2.73. The second-order valence-corrected chi connectivity index (χ2v) is 7.40. The minimum absolute atomic E-state index is 0.249. The highest BCUT2D eigenvalue weighted by atomic mass is 14.9. The minimum Gasteiger partial charge on any atom is -0.310 e. The third kappa shape index (κ3) is 4.63. The maximum Gasteiger partial charge on any atom is 0.0320 e. The zero-order valence-corrected chi connectivity index (χ0v) is 13.7. The fraction of sp³-hybridized carbons (Fsp3) is 0.684. The molecule has 1 aliphatic carbocycles. The molecule has 1 atom stereocenters. The van der Waals surface area contributed by atoms with Crippen molar-refractivity contribution in [1.82, 2.24) is 5.32 Å². The molecule has 1 N–H and O–H groups in total. The molecule has 1 aromatic carbocycles. The van der Waals surface area contributed by atoms with Crippen LogP contribution in [0, 0.1) is 5.92 Å². The highest BCUT2D eigenvalue weighted by Gasteiger charge is 2.23. The standard InChI is InChI=1S/C19H31N/c1-5-14-20-18(13-8-15-6-7-15)16-9-11-17(12-10-16)19(2,3)4/h9-12,15,18,20H,5-8,13-14H2,1-4H3. The van der Waals surface area contributed by atoms with Crippen LogP contribution in [0.3, 0.4) is 0 Å². The first-order chi connectivity index (χ1) is 9.50. The SMILES string of the molecule is CCCNC(CCC1CC1)c1ccc(C(C)(C)C)cc1. The number of hydrogen-bond acceptors (Lipinski definition) is 1. The van der Waals surface area contributed by atoms with Crippen LogP contribution in [0.1, 0.15) is 77.0 Å². The van der Waals surface area contributed by atoms with Gasteiger partial charge in [-0.05, 0) is 48.3 Å². The van der Waals surface area contributed by atoms with E-state index in [-0.39, 0.29) is 5.41 Å². The summed E-state index contributed by atoms with van der Waals surface area (Å²) in [4.78, 5) is 0. The van der Waals surface area contributed by atoms with E-state index in [1.54, 1.807) is 0 Å². The third-order valence-electron chi connectivity index (χ3n) is 4.38. The summed E-state index contributed by atoms with van der Waals surface area (Å²) in [5.74, 6) is 1.02. The molecule has 0 heterocycles. The molecule has 1 fully saturated rings. The average molecular weight is 273 g/mol. The van der Waals surface area contributed by atoms with E-state index in [0.29, 0.717) is 6.04 Å². The van der Waals surface area contributed by atoms with Gasteiger partial charge in [0, 0.05) is 6.04 Å². The third-order valence-corrected chi connectivity index (χ3v) is 4.38. The second kappa shape index (κ2) is 6.76. The van der Waals surface area contributed by atoms with Crippen molar-refractivity contribution in [3.05, 3.63) is 35.4 Å². The maximum atomic E-state index is 3.73. The van der Waals surface area contributed by atoms with Gasteiger partial charge in [0.25, 0.3) is 0 Å². The van der Waals surface area contributed by atoms with Crippen molar-refractivity contribution in [3.8, 4) is 0 Å². The Kier molecular flexibility index (Phi) is 5.26. The zero-order chi connectivity index (χ0) is 14.6. The van der Waals surface area contributed by atoms with Gasteiger partial charge >= 0.3 is 0 Å². The molecular weight excluding hydrogens is 242 g/mol. The van der Waals surface area contributed by atoms with Crippen LogP contribution in [0.5, 0.6) is 0 Å². The summed E-state index contributed by atoms with van der Waals surface area (Å²) in [7, 11) is 0. The van der Waals surface area contributed by atoms with Gasteiger partial charge in [0.2, 0.25) is 0 Å². The molecule has 1 nitrogen and oxygen atoms in total. The van der Waals surface area contributed by atoms with Gasteiger partial charge in [0.15, 0.2) is 0 Å². The summed E-state index contributed by atoms with van der Waals surface area (Å²) < 4.78 is 0. The molecule has 1 saturated carbocycles. The molecule has 20 heavy (non-hydrogen) atoms. The van der Waals surface area contributed by atoms with Crippen molar-refractivity contribution >= 4 is 0 Å². The van der Waals surface area contributed by atoms with Gasteiger partial charge in [-0.15, -0.1) is 0 Å². The van der Waals surface area contributed by atoms with E-state index < -0.39 is 0 Å². The van der Waals surface area contributed by atoms with Gasteiger partial charge in [0.05, 0.1) is 0 Å². The van der Waals surface area contributed by atoms with Crippen LogP contribution in [0.4, 0.5) is 0 Å². The smallest absolute Gasteiger partial charge is 0.0320 e. The van der Waals surface area contributed by atoms with Crippen molar-refractivity contribution in [2.24, 2.45) is 5.92 Å². The normalized spacial score (nSPS) is 17.2. The first kappa shape index (κ1) is 15.6. The molecule has 0 radical (unpaired) electrons. The number of benzene rings is 1. The molecule has 112 valence electrons. The molecule has 0 amide bonds. The van der Waals surface area contributed by atoms with E-state index in [9.17, 15) is 0 Å². The predicted octanol–water partition coefficient (Wildman–Crippen LogP) is 5.22. The van der Waals surface area contributed by atoms with Crippen LogP contribution < -0.4 is 5.32 Å². The summed E-state index contributed by atoms with van der Waals surface area (Å²) >= 11 is 0. The lowest BCUT2D eigenvalue weighted by atomic mass is 9.86. The monoisotopic (exact) mass is 273 g/mol. The molecular formula is C19H31N.